The minimum atomic E-state index is -1.00. The van der Waals surface area contributed by atoms with E-state index in [9.17, 15) is 19.7 Å². The second kappa shape index (κ2) is 9.36. The SMILES string of the molecule is COC(=O)c1ccc(O[C@@H](C)C(=O)NCc2ccccc2OC)c([N+](=O)[O-])c1. The summed E-state index contributed by atoms with van der Waals surface area (Å²) >= 11 is 0. The first-order valence-corrected chi connectivity index (χ1v) is 8.30. The van der Waals surface area contributed by atoms with E-state index in [1.54, 1.807) is 12.1 Å². The number of rotatable bonds is 8. The van der Waals surface area contributed by atoms with Crippen molar-refractivity contribution >= 4 is 17.6 Å². The predicted molar refractivity (Wildman–Crippen MR) is 99.4 cm³/mol. The third kappa shape index (κ3) is 4.97. The molecule has 28 heavy (non-hydrogen) atoms. The molecule has 0 spiro atoms. The predicted octanol–water partition coefficient (Wildman–Crippen LogP) is 2.47. The van der Waals surface area contributed by atoms with E-state index in [1.165, 1.54) is 33.3 Å². The maximum atomic E-state index is 12.3. The van der Waals surface area contributed by atoms with E-state index in [4.69, 9.17) is 9.47 Å². The number of hydrogen-bond donors (Lipinski definition) is 1. The lowest BCUT2D eigenvalue weighted by Crippen LogP contribution is -2.36. The Hall–Kier alpha value is -3.62. The number of carbonyl (C=O) groups is 2. The number of methoxy groups -OCH3 is 2. The molecule has 0 aliphatic heterocycles. The summed E-state index contributed by atoms with van der Waals surface area (Å²) < 4.78 is 15.2. The summed E-state index contributed by atoms with van der Waals surface area (Å²) in [7, 11) is 2.70. The molecule has 2 rings (SSSR count). The quantitative estimate of drug-likeness (QED) is 0.419. The number of esters is 1. The average Bonchev–Trinajstić information content (AvgIpc) is 2.71. The topological polar surface area (TPSA) is 117 Å². The Kier molecular flexibility index (Phi) is 6.91. The van der Waals surface area contributed by atoms with Crippen LogP contribution in [0.1, 0.15) is 22.8 Å². The lowest BCUT2D eigenvalue weighted by atomic mass is 10.2. The first-order chi connectivity index (χ1) is 13.4. The monoisotopic (exact) mass is 388 g/mol. The van der Waals surface area contributed by atoms with Gasteiger partial charge in [-0.2, -0.15) is 0 Å². The molecular weight excluding hydrogens is 368 g/mol. The summed E-state index contributed by atoms with van der Waals surface area (Å²) in [6, 6.07) is 10.8. The molecule has 2 aromatic rings. The number of hydrogen-bond acceptors (Lipinski definition) is 7. The van der Waals surface area contributed by atoms with Gasteiger partial charge in [0, 0.05) is 18.2 Å². The van der Waals surface area contributed by atoms with E-state index >= 15 is 0 Å². The van der Waals surface area contributed by atoms with Gasteiger partial charge in [-0.3, -0.25) is 14.9 Å². The average molecular weight is 388 g/mol. The van der Waals surface area contributed by atoms with Crippen molar-refractivity contribution < 1.29 is 28.7 Å². The summed E-state index contributed by atoms with van der Waals surface area (Å²) in [4.78, 5) is 34.4. The van der Waals surface area contributed by atoms with Crippen LogP contribution >= 0.6 is 0 Å². The number of amides is 1. The number of nitrogens with zero attached hydrogens (tertiary/aromatic N) is 1. The van der Waals surface area contributed by atoms with Crippen molar-refractivity contribution in [2.24, 2.45) is 0 Å². The molecule has 0 heterocycles. The number of nitro benzene ring substituents is 1. The molecule has 0 saturated heterocycles. The lowest BCUT2D eigenvalue weighted by molar-refractivity contribution is -0.386. The zero-order chi connectivity index (χ0) is 20.7. The van der Waals surface area contributed by atoms with Crippen LogP contribution in [0.25, 0.3) is 0 Å². The van der Waals surface area contributed by atoms with Gasteiger partial charge in [0.25, 0.3) is 5.91 Å². The van der Waals surface area contributed by atoms with E-state index in [-0.39, 0.29) is 17.9 Å². The molecule has 0 bridgehead atoms. The molecule has 0 saturated carbocycles. The second-order valence-corrected chi connectivity index (χ2v) is 5.72. The molecule has 1 N–H and O–H groups in total. The molecule has 0 radical (unpaired) electrons. The summed E-state index contributed by atoms with van der Waals surface area (Å²) in [6.07, 6.45) is -1.00. The van der Waals surface area contributed by atoms with Crippen LogP contribution in [0.3, 0.4) is 0 Å². The standard InChI is InChI=1S/C19H20N2O7/c1-12(18(22)20-11-14-6-4-5-7-16(14)26-2)28-17-9-8-13(19(23)27-3)10-15(17)21(24)25/h4-10,12H,11H2,1-3H3,(H,20,22)/t12-/m0/s1. The highest BCUT2D eigenvalue weighted by Gasteiger charge is 2.23. The number of benzene rings is 2. The fourth-order valence-electron chi connectivity index (χ4n) is 2.42. The van der Waals surface area contributed by atoms with Crippen molar-refractivity contribution in [3.8, 4) is 11.5 Å². The zero-order valence-corrected chi connectivity index (χ0v) is 15.6. The van der Waals surface area contributed by atoms with E-state index in [1.807, 2.05) is 12.1 Å². The summed E-state index contributed by atoms with van der Waals surface area (Å²) in [6.45, 7) is 1.68. The Morgan fingerprint density at radius 3 is 2.50 bits per heavy atom. The van der Waals surface area contributed by atoms with Crippen molar-refractivity contribution in [3.05, 3.63) is 63.7 Å². The summed E-state index contributed by atoms with van der Waals surface area (Å²) in [5.74, 6) is -0.669. The second-order valence-electron chi connectivity index (χ2n) is 5.72. The third-order valence-electron chi connectivity index (χ3n) is 3.90. The summed E-state index contributed by atoms with van der Waals surface area (Å²) in [5.41, 5.74) is 0.348. The van der Waals surface area contributed by atoms with Crippen molar-refractivity contribution in [2.75, 3.05) is 14.2 Å². The molecule has 9 nitrogen and oxygen atoms in total. The molecule has 0 aromatic heterocycles. The van der Waals surface area contributed by atoms with Gasteiger partial charge in [-0.05, 0) is 25.1 Å². The van der Waals surface area contributed by atoms with Crippen LogP contribution in [0.4, 0.5) is 5.69 Å². The molecule has 148 valence electrons. The van der Waals surface area contributed by atoms with Gasteiger partial charge in [0.05, 0.1) is 24.7 Å². The third-order valence-corrected chi connectivity index (χ3v) is 3.90. The molecular formula is C19H20N2O7. The van der Waals surface area contributed by atoms with Crippen molar-refractivity contribution in [1.82, 2.24) is 5.32 Å². The van der Waals surface area contributed by atoms with Crippen molar-refractivity contribution in [3.63, 3.8) is 0 Å². The number of nitrogens with one attached hydrogen (secondary N) is 1. The van der Waals surface area contributed by atoms with Crippen molar-refractivity contribution in [2.45, 2.75) is 19.6 Å². The van der Waals surface area contributed by atoms with E-state index in [2.05, 4.69) is 10.1 Å². The minimum Gasteiger partial charge on any atom is -0.496 e. The van der Waals surface area contributed by atoms with E-state index in [0.29, 0.717) is 5.75 Å². The number of ether oxygens (including phenoxy) is 3. The maximum Gasteiger partial charge on any atom is 0.338 e. The fourth-order valence-corrected chi connectivity index (χ4v) is 2.42. The molecule has 9 heteroatoms. The molecule has 1 amide bonds. The molecule has 2 aromatic carbocycles. The van der Waals surface area contributed by atoms with E-state index in [0.717, 1.165) is 11.6 Å². The molecule has 0 unspecified atom stereocenters. The lowest BCUT2D eigenvalue weighted by Gasteiger charge is -2.16. The smallest absolute Gasteiger partial charge is 0.338 e. The van der Waals surface area contributed by atoms with E-state index < -0.39 is 28.6 Å². The highest BCUT2D eigenvalue weighted by molar-refractivity contribution is 5.90. The first kappa shape index (κ1) is 20.7. The Morgan fingerprint density at radius 2 is 1.86 bits per heavy atom. The molecule has 0 aliphatic carbocycles. The Labute approximate surface area is 161 Å². The van der Waals surface area contributed by atoms with Crippen LogP contribution in [0, 0.1) is 10.1 Å². The Morgan fingerprint density at radius 1 is 1.14 bits per heavy atom. The van der Waals surface area contributed by atoms with Gasteiger partial charge in [0.15, 0.2) is 11.9 Å². The Bertz CT molecular complexity index is 882. The van der Waals surface area contributed by atoms with Gasteiger partial charge < -0.3 is 19.5 Å². The highest BCUT2D eigenvalue weighted by Crippen LogP contribution is 2.29. The number of carbonyl (C=O) groups excluding carboxylic acids is 2. The van der Waals surface area contributed by atoms with Crippen LogP contribution in [0.5, 0.6) is 11.5 Å². The first-order valence-electron chi connectivity index (χ1n) is 8.30. The Balaban J connectivity index is 2.08. The van der Waals surface area contributed by atoms with Gasteiger partial charge in [-0.1, -0.05) is 18.2 Å². The molecule has 0 aliphatic rings. The zero-order valence-electron chi connectivity index (χ0n) is 15.6. The minimum absolute atomic E-state index is 0.00910. The van der Waals surface area contributed by atoms with Crippen LogP contribution in [0.15, 0.2) is 42.5 Å². The number of nitro groups is 1. The van der Waals surface area contributed by atoms with Gasteiger partial charge in [-0.15, -0.1) is 0 Å². The van der Waals surface area contributed by atoms with Crippen LogP contribution in [-0.4, -0.2) is 37.1 Å². The van der Waals surface area contributed by atoms with Crippen LogP contribution in [-0.2, 0) is 16.1 Å². The normalized spacial score (nSPS) is 11.2. The maximum absolute atomic E-state index is 12.3. The summed E-state index contributed by atoms with van der Waals surface area (Å²) in [5, 5.41) is 14.0. The number of para-hydroxylation sites is 1. The van der Waals surface area contributed by atoms with Crippen molar-refractivity contribution in [1.29, 1.82) is 0 Å². The fraction of sp³-hybridized carbons (Fsp3) is 0.263. The highest BCUT2D eigenvalue weighted by atomic mass is 16.6. The molecule has 1 atom stereocenters. The van der Waals surface area contributed by atoms with Crippen LogP contribution < -0.4 is 14.8 Å². The van der Waals surface area contributed by atoms with Crippen LogP contribution in [0.2, 0.25) is 0 Å². The van der Waals surface area contributed by atoms with Gasteiger partial charge in [0.1, 0.15) is 5.75 Å². The van der Waals surface area contributed by atoms with Gasteiger partial charge >= 0.3 is 11.7 Å². The van der Waals surface area contributed by atoms with Gasteiger partial charge in [0.2, 0.25) is 0 Å². The largest absolute Gasteiger partial charge is 0.496 e. The van der Waals surface area contributed by atoms with Gasteiger partial charge in [-0.25, -0.2) is 4.79 Å². The molecule has 0 fully saturated rings.